The zero-order valence-electron chi connectivity index (χ0n) is 14.6. The van der Waals surface area contributed by atoms with E-state index in [0.29, 0.717) is 21.8 Å². The highest BCUT2D eigenvalue weighted by atomic mass is 16.5. The number of nitroso groups, excluding NO2 is 1. The molecule has 4 aromatic rings. The van der Waals surface area contributed by atoms with Crippen LogP contribution in [0.15, 0.2) is 60.4 Å². The summed E-state index contributed by atoms with van der Waals surface area (Å²) in [5, 5.41) is 15.4. The first-order valence-electron chi connectivity index (χ1n) is 8.38. The van der Waals surface area contributed by atoms with Gasteiger partial charge in [0.15, 0.2) is 0 Å². The van der Waals surface area contributed by atoms with Crippen LogP contribution in [0.25, 0.3) is 27.2 Å². The maximum Gasteiger partial charge on any atom is 0.341 e. The lowest BCUT2D eigenvalue weighted by molar-refractivity contribution is 0.0554. The summed E-state index contributed by atoms with van der Waals surface area (Å²) in [5.74, 6) is -0.623. The second kappa shape index (κ2) is 6.25. The van der Waals surface area contributed by atoms with Crippen LogP contribution >= 0.6 is 0 Å². The highest BCUT2D eigenvalue weighted by Gasteiger charge is 2.27. The summed E-state index contributed by atoms with van der Waals surface area (Å²) in [4.78, 5) is 24.6. The van der Waals surface area contributed by atoms with E-state index in [1.54, 1.807) is 34.9 Å². The molecule has 4 rings (SSSR count). The molecular formula is C21H16N2O4. The van der Waals surface area contributed by atoms with E-state index in [9.17, 15) is 14.8 Å². The smallest absolute Gasteiger partial charge is 0.341 e. The largest absolute Gasteiger partial charge is 0.505 e. The fourth-order valence-corrected chi connectivity index (χ4v) is 3.49. The molecule has 0 amide bonds. The van der Waals surface area contributed by atoms with E-state index >= 15 is 0 Å². The van der Waals surface area contributed by atoms with Crippen molar-refractivity contribution in [1.82, 2.24) is 4.40 Å². The normalized spacial score (nSPS) is 11.1. The van der Waals surface area contributed by atoms with Crippen molar-refractivity contribution in [2.24, 2.45) is 5.18 Å². The number of hydrogen-bond acceptors (Lipinski definition) is 5. The summed E-state index contributed by atoms with van der Waals surface area (Å²) >= 11 is 0. The van der Waals surface area contributed by atoms with Gasteiger partial charge in [-0.25, -0.2) is 4.79 Å². The first-order chi connectivity index (χ1) is 13.1. The van der Waals surface area contributed by atoms with Gasteiger partial charge >= 0.3 is 5.97 Å². The predicted octanol–water partition coefficient (Wildman–Crippen LogP) is 5.00. The number of hydrogen-bond donors (Lipinski definition) is 1. The van der Waals surface area contributed by atoms with Crippen molar-refractivity contribution in [2.45, 2.75) is 6.92 Å². The molecule has 0 radical (unpaired) electrons. The Kier molecular flexibility index (Phi) is 3.88. The lowest BCUT2D eigenvalue weighted by Crippen LogP contribution is -2.05. The predicted molar refractivity (Wildman–Crippen MR) is 105 cm³/mol. The van der Waals surface area contributed by atoms with Crippen molar-refractivity contribution >= 4 is 38.8 Å². The fourth-order valence-electron chi connectivity index (χ4n) is 3.49. The van der Waals surface area contributed by atoms with Crippen LogP contribution in [0.4, 0.5) is 5.69 Å². The molecule has 0 unspecified atom stereocenters. The number of phenols is 1. The van der Waals surface area contributed by atoms with Crippen molar-refractivity contribution in [2.75, 3.05) is 6.61 Å². The van der Waals surface area contributed by atoms with Crippen LogP contribution in [-0.4, -0.2) is 22.1 Å². The number of ether oxygens (including phenoxy) is 1. The molecule has 134 valence electrons. The van der Waals surface area contributed by atoms with Crippen molar-refractivity contribution in [1.29, 1.82) is 0 Å². The highest BCUT2D eigenvalue weighted by Crippen LogP contribution is 2.45. The Morgan fingerprint density at radius 3 is 2.74 bits per heavy atom. The van der Waals surface area contributed by atoms with Gasteiger partial charge in [-0.05, 0) is 29.8 Å². The number of pyridine rings is 1. The number of nitrogens with zero attached hydrogens (tertiary/aromatic N) is 2. The minimum absolute atomic E-state index is 0.0189. The average molecular weight is 360 g/mol. The molecule has 0 saturated heterocycles. The third kappa shape index (κ3) is 2.38. The lowest BCUT2D eigenvalue weighted by atomic mass is 10.0. The van der Waals surface area contributed by atoms with Crippen LogP contribution < -0.4 is 0 Å². The van der Waals surface area contributed by atoms with Crippen LogP contribution in [-0.2, 0) is 4.74 Å². The van der Waals surface area contributed by atoms with E-state index in [2.05, 4.69) is 11.8 Å². The van der Waals surface area contributed by atoms with Gasteiger partial charge in [0.2, 0.25) is 0 Å². The minimum Gasteiger partial charge on any atom is -0.505 e. The summed E-state index contributed by atoms with van der Waals surface area (Å²) < 4.78 is 6.93. The van der Waals surface area contributed by atoms with Crippen molar-refractivity contribution in [3.05, 3.63) is 71.3 Å². The lowest BCUT2D eigenvalue weighted by Gasteiger charge is -2.07. The standard InChI is InChI=1S/C21H16N2O4/c1-3-10-27-21(25)16-15-11-12(2)8-9-23(15)19-17(16)18(22-26)13-6-4-5-7-14(13)20(19)24/h3-9,11,24H,1,10H2,2H3. The Balaban J connectivity index is 2.28. The van der Waals surface area contributed by atoms with E-state index in [0.717, 1.165) is 5.56 Å². The zero-order chi connectivity index (χ0) is 19.1. The van der Waals surface area contributed by atoms with Gasteiger partial charge in [0, 0.05) is 22.4 Å². The number of rotatable bonds is 4. The number of fused-ring (bicyclic) bond motifs is 4. The minimum atomic E-state index is -0.604. The third-order valence-electron chi connectivity index (χ3n) is 4.62. The van der Waals surface area contributed by atoms with Gasteiger partial charge < -0.3 is 14.2 Å². The first-order valence-corrected chi connectivity index (χ1v) is 8.38. The third-order valence-corrected chi connectivity index (χ3v) is 4.62. The van der Waals surface area contributed by atoms with Crippen molar-refractivity contribution in [3.63, 3.8) is 0 Å². The highest BCUT2D eigenvalue weighted by molar-refractivity contribution is 6.23. The Morgan fingerprint density at radius 2 is 2.04 bits per heavy atom. The van der Waals surface area contributed by atoms with Gasteiger partial charge in [-0.1, -0.05) is 36.9 Å². The Hall–Kier alpha value is -3.67. The van der Waals surface area contributed by atoms with E-state index in [4.69, 9.17) is 4.74 Å². The number of aryl methyl sites for hydroxylation is 1. The molecule has 2 aromatic carbocycles. The van der Waals surface area contributed by atoms with E-state index in [-0.39, 0.29) is 29.0 Å². The Bertz CT molecular complexity index is 1250. The first kappa shape index (κ1) is 16.8. The number of carbonyl (C=O) groups is 1. The van der Waals surface area contributed by atoms with Gasteiger partial charge in [-0.2, -0.15) is 0 Å². The van der Waals surface area contributed by atoms with Crippen LogP contribution in [0, 0.1) is 11.8 Å². The number of esters is 1. The number of carbonyl (C=O) groups excluding carboxylic acids is 1. The molecule has 0 aliphatic carbocycles. The molecule has 27 heavy (non-hydrogen) atoms. The molecule has 2 aromatic heterocycles. The molecule has 0 aliphatic rings. The van der Waals surface area contributed by atoms with Crippen LogP contribution in [0.5, 0.6) is 5.75 Å². The molecule has 0 atom stereocenters. The van der Waals surface area contributed by atoms with E-state index < -0.39 is 5.97 Å². The molecule has 0 bridgehead atoms. The summed E-state index contributed by atoms with van der Waals surface area (Å²) in [5.41, 5.74) is 2.11. The van der Waals surface area contributed by atoms with Crippen LogP contribution in [0.2, 0.25) is 0 Å². The molecule has 0 saturated carbocycles. The fraction of sp³-hybridized carbons (Fsp3) is 0.0952. The van der Waals surface area contributed by atoms with Crippen molar-refractivity contribution in [3.8, 4) is 5.75 Å². The second-order valence-electron chi connectivity index (χ2n) is 6.28. The molecule has 1 N–H and O–H groups in total. The van der Waals surface area contributed by atoms with E-state index in [1.807, 2.05) is 19.1 Å². The molecular weight excluding hydrogens is 344 g/mol. The van der Waals surface area contributed by atoms with Gasteiger partial charge in [-0.3, -0.25) is 0 Å². The van der Waals surface area contributed by atoms with Gasteiger partial charge in [0.05, 0.1) is 16.6 Å². The van der Waals surface area contributed by atoms with Crippen molar-refractivity contribution < 1.29 is 14.6 Å². The molecule has 2 heterocycles. The summed E-state index contributed by atoms with van der Waals surface area (Å²) in [6.07, 6.45) is 3.22. The molecule has 0 spiro atoms. The number of aromatic nitrogens is 1. The van der Waals surface area contributed by atoms with Crippen LogP contribution in [0.3, 0.4) is 0 Å². The summed E-state index contributed by atoms with van der Waals surface area (Å²) in [6.45, 7) is 5.48. The Labute approximate surface area is 154 Å². The molecule has 6 nitrogen and oxygen atoms in total. The number of benzene rings is 2. The monoisotopic (exact) mass is 360 g/mol. The van der Waals surface area contributed by atoms with Crippen LogP contribution in [0.1, 0.15) is 15.9 Å². The summed E-state index contributed by atoms with van der Waals surface area (Å²) in [6, 6.07) is 10.6. The summed E-state index contributed by atoms with van der Waals surface area (Å²) in [7, 11) is 0. The molecule has 6 heteroatoms. The number of phenolic OH excluding ortho intramolecular Hbond substituents is 1. The van der Waals surface area contributed by atoms with Gasteiger partial charge in [0.25, 0.3) is 0 Å². The maximum absolute atomic E-state index is 12.8. The quantitative estimate of drug-likeness (QED) is 0.315. The maximum atomic E-state index is 12.8. The molecule has 0 aliphatic heterocycles. The van der Waals surface area contributed by atoms with Gasteiger partial charge in [-0.15, -0.1) is 4.91 Å². The topological polar surface area (TPSA) is 80.4 Å². The Morgan fingerprint density at radius 1 is 1.30 bits per heavy atom. The second-order valence-corrected chi connectivity index (χ2v) is 6.28. The molecule has 0 fully saturated rings. The SMILES string of the molecule is C=CCOC(=O)c1c2c(N=O)c3ccccc3c(O)c2n2ccc(C)cc12. The van der Waals surface area contributed by atoms with Gasteiger partial charge in [0.1, 0.15) is 18.0 Å². The van der Waals surface area contributed by atoms with E-state index in [1.165, 1.54) is 6.08 Å². The number of aromatic hydroxyl groups is 1. The average Bonchev–Trinajstić information content (AvgIpc) is 3.01. The zero-order valence-corrected chi connectivity index (χ0v) is 14.6.